The van der Waals surface area contributed by atoms with Crippen LogP contribution in [0.15, 0.2) is 18.7 Å². The van der Waals surface area contributed by atoms with Crippen molar-refractivity contribution in [2.24, 2.45) is 0 Å². The molecule has 1 N–H and O–H groups in total. The van der Waals surface area contributed by atoms with Gasteiger partial charge in [0.25, 0.3) is 0 Å². The summed E-state index contributed by atoms with van der Waals surface area (Å²) in [5.74, 6) is 0. The zero-order chi connectivity index (χ0) is 5.54. The Labute approximate surface area is 52.9 Å². The van der Waals surface area contributed by atoms with Crippen LogP contribution in [0.2, 0.25) is 0 Å². The molecule has 0 fully saturated rings. The van der Waals surface area contributed by atoms with Crippen LogP contribution in [0.4, 0.5) is 0 Å². The van der Waals surface area contributed by atoms with Crippen molar-refractivity contribution in [2.45, 2.75) is 0 Å². The van der Waals surface area contributed by atoms with Crippen molar-refractivity contribution in [1.82, 2.24) is 9.97 Å². The van der Waals surface area contributed by atoms with E-state index in [9.17, 15) is 0 Å². The van der Waals surface area contributed by atoms with E-state index in [-0.39, 0.29) is 0 Å². The summed E-state index contributed by atoms with van der Waals surface area (Å²) in [5.41, 5.74) is 0. The van der Waals surface area contributed by atoms with Crippen molar-refractivity contribution in [1.29, 1.82) is 0 Å². The Bertz CT molecular complexity index is 76.6. The summed E-state index contributed by atoms with van der Waals surface area (Å²) in [6.07, 6.45) is 5.08. The second-order valence-corrected chi connectivity index (χ2v) is 0.761. The van der Waals surface area contributed by atoms with Gasteiger partial charge in [-0.15, -0.1) is 0 Å². The molecule has 0 atom stereocenters. The van der Waals surface area contributed by atoms with Crippen molar-refractivity contribution in [3.63, 3.8) is 0 Å². The standard InChI is InChI=1S/C3H4N2.CH2.Pd/c1-2-5-3-4-1;;/h1-3H,(H,4,5);1H2;. The number of imidazole rings is 1. The molecule has 0 bridgehead atoms. The molecular weight excluding hydrogens is 182 g/mol. The van der Waals surface area contributed by atoms with Gasteiger partial charge in [0, 0.05) is 12.4 Å². The van der Waals surface area contributed by atoms with Crippen LogP contribution in [0.1, 0.15) is 0 Å². The molecule has 0 saturated heterocycles. The third kappa shape index (κ3) is 3.58. The molecule has 0 amide bonds. The number of nitrogens with zero attached hydrogens (tertiary/aromatic N) is 1. The molecule has 0 spiro atoms. The van der Waals surface area contributed by atoms with Gasteiger partial charge in [-0.25, -0.2) is 4.98 Å². The molecule has 3 heteroatoms. The monoisotopic (exact) mass is 188 g/mol. The number of rotatable bonds is 0. The molecule has 1 heterocycles. The predicted octanol–water partition coefficient (Wildman–Crippen LogP) is 0.375. The van der Waals surface area contributed by atoms with Gasteiger partial charge in [-0.2, -0.15) is 0 Å². The van der Waals surface area contributed by atoms with Crippen LogP contribution in [-0.2, 0) is 18.7 Å². The van der Waals surface area contributed by atoms with Gasteiger partial charge in [0.2, 0.25) is 0 Å². The summed E-state index contributed by atoms with van der Waals surface area (Å²) in [6.45, 7) is 0. The number of aromatic amines is 1. The van der Waals surface area contributed by atoms with E-state index in [0.29, 0.717) is 0 Å². The van der Waals surface area contributed by atoms with Gasteiger partial charge in [0.05, 0.1) is 6.33 Å². The molecule has 0 saturated carbocycles. The molecule has 2 nitrogen and oxygen atoms in total. The Kier molecular flexibility index (Phi) is 5.53. The van der Waals surface area contributed by atoms with Crippen LogP contribution in [0.25, 0.3) is 0 Å². The van der Waals surface area contributed by atoms with Crippen LogP contribution in [0, 0.1) is 0 Å². The number of H-pyrrole nitrogens is 1. The zero-order valence-electron chi connectivity index (χ0n) is 3.70. The van der Waals surface area contributed by atoms with Crippen LogP contribution in [-0.4, -0.2) is 15.0 Å². The van der Waals surface area contributed by atoms with Crippen molar-refractivity contribution in [3.05, 3.63) is 18.7 Å². The number of nitrogens with one attached hydrogen (secondary N) is 1. The predicted molar refractivity (Wildman–Crippen MR) is 25.7 cm³/mol. The molecule has 1 rings (SSSR count). The molecule has 0 unspecified atom stereocenters. The van der Waals surface area contributed by atoms with Crippen molar-refractivity contribution in [3.8, 4) is 0 Å². The first kappa shape index (κ1) is 6.74. The molecule has 1 aromatic rings. The third-order valence-electron chi connectivity index (χ3n) is 0.406. The quantitative estimate of drug-likeness (QED) is 0.586. The first-order valence-corrected chi connectivity index (χ1v) is 2.75. The summed E-state index contributed by atoms with van der Waals surface area (Å²) >= 11 is 2.50. The first-order valence-electron chi connectivity index (χ1n) is 1.65. The smallest absolute Gasteiger partial charge is 0.0919 e. The third-order valence-corrected chi connectivity index (χ3v) is 0.406. The minimum absolute atomic E-state index is 1.62. The van der Waals surface area contributed by atoms with E-state index in [0.717, 1.165) is 0 Å². The molecule has 0 aromatic carbocycles. The van der Waals surface area contributed by atoms with Gasteiger partial charge in [-0.05, 0) is 0 Å². The molecule has 0 aliphatic heterocycles. The molecule has 0 radical (unpaired) electrons. The number of aromatic nitrogens is 2. The SMILES string of the molecule is [CH2]=[Pd].c1c[nH]cn1. The number of hydrogen-bond donors (Lipinski definition) is 1. The molecule has 0 aliphatic carbocycles. The summed E-state index contributed by atoms with van der Waals surface area (Å²) in [5, 5.41) is 0. The first-order chi connectivity index (χ1) is 3.50. The fraction of sp³-hybridized carbons (Fsp3) is 0. The van der Waals surface area contributed by atoms with Crippen LogP contribution in [0.3, 0.4) is 0 Å². The second kappa shape index (κ2) is 5.74. The average molecular weight is 189 g/mol. The van der Waals surface area contributed by atoms with Crippen molar-refractivity contribution < 1.29 is 18.7 Å². The van der Waals surface area contributed by atoms with Crippen molar-refractivity contribution >= 4 is 4.99 Å². The van der Waals surface area contributed by atoms with E-state index in [4.69, 9.17) is 0 Å². The molecular formula is C4H6N2Pd. The molecule has 0 aliphatic rings. The zero-order valence-corrected chi connectivity index (χ0v) is 5.26. The minimum atomic E-state index is 1.62. The van der Waals surface area contributed by atoms with E-state index >= 15 is 0 Å². The largest absolute Gasteiger partial charge is 0.351 e. The summed E-state index contributed by atoms with van der Waals surface area (Å²) in [4.78, 5) is 9.52. The second-order valence-electron chi connectivity index (χ2n) is 0.761. The molecule has 7 heavy (non-hydrogen) atoms. The van der Waals surface area contributed by atoms with Crippen LogP contribution in [0.5, 0.6) is 0 Å². The van der Waals surface area contributed by atoms with Gasteiger partial charge >= 0.3 is 23.7 Å². The van der Waals surface area contributed by atoms with E-state index in [1.165, 1.54) is 0 Å². The Balaban J connectivity index is 0.000000162. The maximum atomic E-state index is 3.67. The van der Waals surface area contributed by atoms with Crippen LogP contribution < -0.4 is 0 Å². The normalized spacial score (nSPS) is 6.57. The number of hydrogen-bond acceptors (Lipinski definition) is 1. The van der Waals surface area contributed by atoms with E-state index < -0.39 is 0 Å². The Morgan fingerprint density at radius 1 is 1.57 bits per heavy atom. The van der Waals surface area contributed by atoms with E-state index in [2.05, 4.69) is 33.7 Å². The fourth-order valence-electron chi connectivity index (χ4n) is 0.215. The Morgan fingerprint density at radius 3 is 2.43 bits per heavy atom. The average Bonchev–Trinajstić information content (AvgIpc) is 2.23. The van der Waals surface area contributed by atoms with Crippen LogP contribution >= 0.6 is 0 Å². The van der Waals surface area contributed by atoms with Gasteiger partial charge < -0.3 is 4.98 Å². The van der Waals surface area contributed by atoms with Gasteiger partial charge in [-0.3, -0.25) is 0 Å². The maximum absolute atomic E-state index is 3.67. The topological polar surface area (TPSA) is 28.7 Å². The molecule has 42 valence electrons. The fourth-order valence-corrected chi connectivity index (χ4v) is 0.215. The summed E-state index contributed by atoms with van der Waals surface area (Å²) in [7, 11) is 0. The van der Waals surface area contributed by atoms with Gasteiger partial charge in [0.15, 0.2) is 0 Å². The Morgan fingerprint density at radius 2 is 2.29 bits per heavy atom. The summed E-state index contributed by atoms with van der Waals surface area (Å²) in [6, 6.07) is 0. The Hall–Kier alpha value is -0.258. The minimum Gasteiger partial charge on any atom is -0.351 e. The summed E-state index contributed by atoms with van der Waals surface area (Å²) < 4.78 is 0. The maximum Gasteiger partial charge on any atom is 0.0919 e. The van der Waals surface area contributed by atoms with E-state index in [1.54, 1.807) is 18.7 Å². The van der Waals surface area contributed by atoms with Gasteiger partial charge in [0.1, 0.15) is 0 Å². The molecule has 1 aromatic heterocycles. The van der Waals surface area contributed by atoms with Crippen molar-refractivity contribution in [2.75, 3.05) is 0 Å². The van der Waals surface area contributed by atoms with E-state index in [1.807, 2.05) is 0 Å². The van der Waals surface area contributed by atoms with Gasteiger partial charge in [-0.1, -0.05) is 0 Å².